The van der Waals surface area contributed by atoms with Crippen molar-refractivity contribution in [1.29, 1.82) is 5.26 Å². The van der Waals surface area contributed by atoms with E-state index in [9.17, 15) is 4.79 Å². The van der Waals surface area contributed by atoms with Crippen LogP contribution in [0.1, 0.15) is 17.4 Å². The molecular formula is C17H18N2O3S. The van der Waals surface area contributed by atoms with Gasteiger partial charge in [-0.1, -0.05) is 6.07 Å². The van der Waals surface area contributed by atoms with Crippen LogP contribution >= 0.6 is 11.3 Å². The quantitative estimate of drug-likeness (QED) is 0.783. The van der Waals surface area contributed by atoms with Crippen LogP contribution in [0.25, 0.3) is 0 Å². The highest BCUT2D eigenvalue weighted by molar-refractivity contribution is 7.09. The first-order valence-corrected chi connectivity index (χ1v) is 8.08. The second kappa shape index (κ2) is 8.20. The van der Waals surface area contributed by atoms with Gasteiger partial charge < -0.3 is 14.4 Å². The van der Waals surface area contributed by atoms with Crippen molar-refractivity contribution in [3.8, 4) is 17.6 Å². The van der Waals surface area contributed by atoms with Gasteiger partial charge in [0.1, 0.15) is 0 Å². The molecule has 0 saturated heterocycles. The number of hydrogen-bond donors (Lipinski definition) is 0. The number of benzene rings is 1. The van der Waals surface area contributed by atoms with Crippen molar-refractivity contribution < 1.29 is 14.3 Å². The molecule has 5 nitrogen and oxygen atoms in total. The number of carbonyl (C=O) groups excluding carboxylic acids is 1. The maximum Gasteiger partial charge on any atom is 0.260 e. The van der Waals surface area contributed by atoms with Crippen molar-refractivity contribution in [3.05, 3.63) is 46.2 Å². The summed E-state index contributed by atoms with van der Waals surface area (Å²) in [6.45, 7) is 2.79. The molecule has 0 radical (unpaired) electrons. The van der Waals surface area contributed by atoms with Crippen molar-refractivity contribution in [2.75, 3.05) is 20.3 Å². The third-order valence-corrected chi connectivity index (χ3v) is 3.98. The Balaban J connectivity index is 1.96. The van der Waals surface area contributed by atoms with E-state index < -0.39 is 0 Å². The smallest absolute Gasteiger partial charge is 0.260 e. The normalized spacial score (nSPS) is 9.96. The summed E-state index contributed by atoms with van der Waals surface area (Å²) in [5.41, 5.74) is 0.488. The fourth-order valence-corrected chi connectivity index (χ4v) is 2.70. The number of carbonyl (C=O) groups is 1. The second-order valence-electron chi connectivity index (χ2n) is 4.82. The van der Waals surface area contributed by atoms with Gasteiger partial charge in [0.25, 0.3) is 5.91 Å². The zero-order valence-electron chi connectivity index (χ0n) is 13.1. The zero-order valence-corrected chi connectivity index (χ0v) is 13.9. The van der Waals surface area contributed by atoms with Gasteiger partial charge in [-0.15, -0.1) is 11.3 Å². The van der Waals surface area contributed by atoms with E-state index in [0.29, 0.717) is 30.2 Å². The van der Waals surface area contributed by atoms with E-state index in [1.165, 1.54) is 0 Å². The first kappa shape index (κ1) is 16.8. The molecule has 1 heterocycles. The Morgan fingerprint density at radius 1 is 1.30 bits per heavy atom. The number of thiophene rings is 1. The Morgan fingerprint density at radius 2 is 2.13 bits per heavy atom. The monoisotopic (exact) mass is 330 g/mol. The molecule has 0 aliphatic heterocycles. The highest BCUT2D eigenvalue weighted by Gasteiger charge is 2.13. The van der Waals surface area contributed by atoms with Crippen LogP contribution in [0, 0.1) is 11.3 Å². The summed E-state index contributed by atoms with van der Waals surface area (Å²) >= 11 is 1.61. The fourth-order valence-electron chi connectivity index (χ4n) is 1.94. The van der Waals surface area contributed by atoms with E-state index in [2.05, 4.69) is 6.07 Å². The first-order chi connectivity index (χ1) is 11.1. The molecule has 1 amide bonds. The largest absolute Gasteiger partial charge is 0.490 e. The lowest BCUT2D eigenvalue weighted by molar-refractivity contribution is -0.132. The molecule has 0 N–H and O–H groups in total. The Morgan fingerprint density at radius 3 is 2.78 bits per heavy atom. The molecule has 6 heteroatoms. The minimum atomic E-state index is -0.120. The minimum absolute atomic E-state index is 0.0755. The summed E-state index contributed by atoms with van der Waals surface area (Å²) in [5.74, 6) is 0.814. The van der Waals surface area contributed by atoms with E-state index in [-0.39, 0.29) is 12.5 Å². The van der Waals surface area contributed by atoms with Crippen LogP contribution in [0.5, 0.6) is 11.5 Å². The van der Waals surface area contributed by atoms with Crippen molar-refractivity contribution in [2.24, 2.45) is 0 Å². The number of ether oxygens (including phenoxy) is 2. The van der Waals surface area contributed by atoms with Gasteiger partial charge in [-0.2, -0.15) is 5.26 Å². The summed E-state index contributed by atoms with van der Waals surface area (Å²) in [5, 5.41) is 10.9. The van der Waals surface area contributed by atoms with Crippen LogP contribution in [-0.2, 0) is 11.3 Å². The molecule has 0 aliphatic rings. The number of hydrogen-bond acceptors (Lipinski definition) is 5. The molecule has 23 heavy (non-hydrogen) atoms. The van der Waals surface area contributed by atoms with Crippen LogP contribution in [0.4, 0.5) is 0 Å². The van der Waals surface area contributed by atoms with Gasteiger partial charge in [0.05, 0.1) is 24.8 Å². The molecule has 0 unspecified atom stereocenters. The Labute approximate surface area is 139 Å². The molecule has 0 saturated carbocycles. The number of amides is 1. The maximum absolute atomic E-state index is 12.1. The van der Waals surface area contributed by atoms with Crippen LogP contribution in [0.15, 0.2) is 35.7 Å². The van der Waals surface area contributed by atoms with Crippen LogP contribution < -0.4 is 9.47 Å². The summed E-state index contributed by atoms with van der Waals surface area (Å²) in [4.78, 5) is 14.9. The summed E-state index contributed by atoms with van der Waals surface area (Å²) in [7, 11) is 1.74. The van der Waals surface area contributed by atoms with Gasteiger partial charge in [0.2, 0.25) is 0 Å². The van der Waals surface area contributed by atoms with Crippen LogP contribution in [0.3, 0.4) is 0 Å². The average molecular weight is 330 g/mol. The predicted molar refractivity (Wildman–Crippen MR) is 88.6 cm³/mol. The highest BCUT2D eigenvalue weighted by Crippen LogP contribution is 2.28. The molecule has 0 aliphatic carbocycles. The molecule has 0 fully saturated rings. The van der Waals surface area contributed by atoms with Crippen molar-refractivity contribution >= 4 is 17.2 Å². The van der Waals surface area contributed by atoms with E-state index in [4.69, 9.17) is 14.7 Å². The molecule has 120 valence electrons. The second-order valence-corrected chi connectivity index (χ2v) is 5.86. The van der Waals surface area contributed by atoms with Gasteiger partial charge >= 0.3 is 0 Å². The van der Waals surface area contributed by atoms with Gasteiger partial charge in [-0.05, 0) is 30.5 Å². The molecular weight excluding hydrogens is 312 g/mol. The first-order valence-electron chi connectivity index (χ1n) is 7.20. The lowest BCUT2D eigenvalue weighted by atomic mass is 10.2. The molecule has 0 bridgehead atoms. The SMILES string of the molecule is CCOc1cc(C#N)ccc1OCC(=O)N(C)Cc1cccs1. The Hall–Kier alpha value is -2.52. The summed E-state index contributed by atoms with van der Waals surface area (Å²) in [6, 6.07) is 10.9. The van der Waals surface area contributed by atoms with Gasteiger partial charge in [0, 0.05) is 18.0 Å². The molecule has 2 aromatic rings. The molecule has 2 rings (SSSR count). The van der Waals surface area contributed by atoms with Gasteiger partial charge in [-0.3, -0.25) is 4.79 Å². The van der Waals surface area contributed by atoms with Crippen molar-refractivity contribution in [1.82, 2.24) is 4.90 Å². The van der Waals surface area contributed by atoms with Gasteiger partial charge in [-0.25, -0.2) is 0 Å². The third kappa shape index (κ3) is 4.73. The summed E-state index contributed by atoms with van der Waals surface area (Å²) in [6.07, 6.45) is 0. The number of nitrogens with zero attached hydrogens (tertiary/aromatic N) is 2. The van der Waals surface area contributed by atoms with Gasteiger partial charge in [0.15, 0.2) is 18.1 Å². The topological polar surface area (TPSA) is 62.6 Å². The van der Waals surface area contributed by atoms with Crippen LogP contribution in [-0.4, -0.2) is 31.1 Å². The number of nitriles is 1. The standard InChI is InChI=1S/C17H18N2O3S/c1-3-21-16-9-13(10-18)6-7-15(16)22-12-17(20)19(2)11-14-5-4-8-23-14/h4-9H,3,11-12H2,1-2H3. The minimum Gasteiger partial charge on any atom is -0.490 e. The third-order valence-electron chi connectivity index (χ3n) is 3.12. The van der Waals surface area contributed by atoms with E-state index in [0.717, 1.165) is 4.88 Å². The summed E-state index contributed by atoms with van der Waals surface area (Å²) < 4.78 is 11.0. The molecule has 0 spiro atoms. The molecule has 1 aromatic carbocycles. The molecule has 0 atom stereocenters. The van der Waals surface area contributed by atoms with E-state index in [1.807, 2.05) is 24.4 Å². The zero-order chi connectivity index (χ0) is 16.7. The Bertz CT molecular complexity index is 692. The van der Waals surface area contributed by atoms with Crippen LogP contribution in [0.2, 0.25) is 0 Å². The van der Waals surface area contributed by atoms with E-state index in [1.54, 1.807) is 41.5 Å². The lowest BCUT2D eigenvalue weighted by Gasteiger charge is -2.17. The van der Waals surface area contributed by atoms with Crippen molar-refractivity contribution in [2.45, 2.75) is 13.5 Å². The molecule has 1 aromatic heterocycles. The van der Waals surface area contributed by atoms with E-state index >= 15 is 0 Å². The fraction of sp³-hybridized carbons (Fsp3) is 0.294. The average Bonchev–Trinajstić information content (AvgIpc) is 3.06. The maximum atomic E-state index is 12.1. The predicted octanol–water partition coefficient (Wildman–Crippen LogP) is 3.06. The van der Waals surface area contributed by atoms with Crippen molar-refractivity contribution in [3.63, 3.8) is 0 Å². The number of rotatable bonds is 7. The Kier molecular flexibility index (Phi) is 6.01. The highest BCUT2D eigenvalue weighted by atomic mass is 32.1. The lowest BCUT2D eigenvalue weighted by Crippen LogP contribution is -2.30. The number of likely N-dealkylation sites (N-methyl/N-ethyl adjacent to an activating group) is 1.